The molecular weight excluding hydrogens is 356 g/mol. The molecule has 154 valence electrons. The average molecular weight is 389 g/mol. The summed E-state index contributed by atoms with van der Waals surface area (Å²) in [6.07, 6.45) is 7.97. The highest BCUT2D eigenvalue weighted by Crippen LogP contribution is 2.24. The third-order valence-electron chi connectivity index (χ3n) is 5.87. The van der Waals surface area contributed by atoms with Gasteiger partial charge in [-0.2, -0.15) is 0 Å². The second kappa shape index (κ2) is 10.5. The van der Waals surface area contributed by atoms with Crippen LogP contribution in [0.25, 0.3) is 0 Å². The average Bonchev–Trinajstić information content (AvgIpc) is 2.76. The number of pyridine rings is 1. The fourth-order valence-corrected chi connectivity index (χ4v) is 4.22. The topological polar surface area (TPSA) is 74.8 Å². The van der Waals surface area contributed by atoms with E-state index in [1.54, 1.807) is 19.5 Å². The normalized spacial score (nSPS) is 21.5. The van der Waals surface area contributed by atoms with Crippen LogP contribution in [0.2, 0.25) is 0 Å². The van der Waals surface area contributed by atoms with E-state index in [9.17, 15) is 9.59 Å². The van der Waals surface area contributed by atoms with Gasteiger partial charge in [0.05, 0.1) is 18.9 Å². The largest absolute Gasteiger partial charge is 0.384 e. The van der Waals surface area contributed by atoms with Gasteiger partial charge >= 0.3 is 0 Å². The molecule has 2 amide bonds. The maximum Gasteiger partial charge on any atom is 0.224 e. The van der Waals surface area contributed by atoms with Gasteiger partial charge in [0.25, 0.3) is 0 Å². The Morgan fingerprint density at radius 1 is 1.25 bits per heavy atom. The molecule has 0 radical (unpaired) electrons. The second-order valence-corrected chi connectivity index (χ2v) is 7.77. The molecule has 1 atom stereocenters. The maximum absolute atomic E-state index is 12.6. The Bertz CT molecular complexity index is 632. The minimum Gasteiger partial charge on any atom is -0.384 e. The molecule has 7 heteroatoms. The van der Waals surface area contributed by atoms with E-state index in [0.717, 1.165) is 57.4 Å². The number of carbonyl (C=O) groups excluding carboxylic acids is 2. The van der Waals surface area contributed by atoms with Crippen molar-refractivity contribution in [2.75, 3.05) is 39.9 Å². The lowest BCUT2D eigenvalue weighted by Gasteiger charge is -2.42. The zero-order valence-electron chi connectivity index (χ0n) is 16.8. The number of likely N-dealkylation sites (tertiary alicyclic amines) is 2. The molecular formula is C21H32N4O3. The van der Waals surface area contributed by atoms with Crippen molar-refractivity contribution in [2.45, 2.75) is 44.7 Å². The molecule has 2 aliphatic heterocycles. The Labute approximate surface area is 167 Å². The summed E-state index contributed by atoms with van der Waals surface area (Å²) in [6, 6.07) is 4.33. The summed E-state index contributed by atoms with van der Waals surface area (Å²) in [6.45, 7) is 4.50. The van der Waals surface area contributed by atoms with Crippen LogP contribution in [0.3, 0.4) is 0 Å². The number of rotatable bonds is 7. The molecule has 2 aliphatic rings. The quantitative estimate of drug-likeness (QED) is 0.765. The summed E-state index contributed by atoms with van der Waals surface area (Å²) < 4.78 is 5.00. The van der Waals surface area contributed by atoms with Crippen LogP contribution in [0, 0.1) is 5.92 Å². The van der Waals surface area contributed by atoms with E-state index in [0.29, 0.717) is 25.6 Å². The zero-order valence-corrected chi connectivity index (χ0v) is 16.8. The maximum atomic E-state index is 12.6. The van der Waals surface area contributed by atoms with E-state index in [-0.39, 0.29) is 17.7 Å². The number of hydrogen-bond acceptors (Lipinski definition) is 5. The predicted molar refractivity (Wildman–Crippen MR) is 106 cm³/mol. The van der Waals surface area contributed by atoms with E-state index in [2.05, 4.69) is 15.2 Å². The van der Waals surface area contributed by atoms with Gasteiger partial charge < -0.3 is 15.0 Å². The van der Waals surface area contributed by atoms with Gasteiger partial charge in [-0.05, 0) is 43.9 Å². The molecule has 1 aromatic heterocycles. The molecule has 2 saturated heterocycles. The summed E-state index contributed by atoms with van der Waals surface area (Å²) >= 11 is 0. The van der Waals surface area contributed by atoms with Crippen LogP contribution in [-0.4, -0.2) is 72.5 Å². The Balaban J connectivity index is 1.43. The number of nitrogens with zero attached hydrogens (tertiary/aromatic N) is 3. The zero-order chi connectivity index (χ0) is 19.8. The fourth-order valence-electron chi connectivity index (χ4n) is 4.22. The molecule has 3 rings (SSSR count). The van der Waals surface area contributed by atoms with Gasteiger partial charge in [-0.25, -0.2) is 0 Å². The summed E-state index contributed by atoms with van der Waals surface area (Å²) in [5.74, 6) is 0.374. The summed E-state index contributed by atoms with van der Waals surface area (Å²) in [4.78, 5) is 33.3. The van der Waals surface area contributed by atoms with Crippen molar-refractivity contribution in [1.29, 1.82) is 0 Å². The first-order valence-electron chi connectivity index (χ1n) is 10.3. The number of nitrogens with one attached hydrogen (secondary N) is 1. The molecule has 28 heavy (non-hydrogen) atoms. The first-order valence-corrected chi connectivity index (χ1v) is 10.3. The lowest BCUT2D eigenvalue weighted by molar-refractivity contribution is -0.133. The second-order valence-electron chi connectivity index (χ2n) is 7.77. The van der Waals surface area contributed by atoms with Crippen LogP contribution in [-0.2, 0) is 20.9 Å². The molecule has 0 saturated carbocycles. The van der Waals surface area contributed by atoms with Crippen LogP contribution in [0.5, 0.6) is 0 Å². The molecule has 0 aliphatic carbocycles. The van der Waals surface area contributed by atoms with Crippen LogP contribution < -0.4 is 5.32 Å². The number of hydrogen-bond donors (Lipinski definition) is 1. The van der Waals surface area contributed by atoms with Gasteiger partial charge in [-0.15, -0.1) is 0 Å². The molecule has 0 aromatic carbocycles. The van der Waals surface area contributed by atoms with Gasteiger partial charge in [0, 0.05) is 51.7 Å². The summed E-state index contributed by atoms with van der Waals surface area (Å²) in [5, 5.41) is 3.06. The number of amides is 2. The van der Waals surface area contributed by atoms with E-state index >= 15 is 0 Å². The summed E-state index contributed by atoms with van der Waals surface area (Å²) in [5.41, 5.74) is 1.02. The van der Waals surface area contributed by atoms with Crippen LogP contribution in [0.4, 0.5) is 0 Å². The minimum absolute atomic E-state index is 0.0479. The Morgan fingerprint density at radius 2 is 2.07 bits per heavy atom. The van der Waals surface area contributed by atoms with Crippen molar-refractivity contribution >= 4 is 11.8 Å². The molecule has 2 fully saturated rings. The first kappa shape index (κ1) is 20.7. The monoisotopic (exact) mass is 388 g/mol. The number of methoxy groups -OCH3 is 1. The predicted octanol–water partition coefficient (Wildman–Crippen LogP) is 1.44. The molecule has 0 bridgehead atoms. The fraction of sp³-hybridized carbons (Fsp3) is 0.667. The molecule has 7 nitrogen and oxygen atoms in total. The van der Waals surface area contributed by atoms with Crippen LogP contribution >= 0.6 is 0 Å². The smallest absolute Gasteiger partial charge is 0.224 e. The Hall–Kier alpha value is -1.99. The van der Waals surface area contributed by atoms with E-state index < -0.39 is 0 Å². The van der Waals surface area contributed by atoms with Gasteiger partial charge in [0.1, 0.15) is 0 Å². The highest BCUT2D eigenvalue weighted by atomic mass is 16.5. The first-order chi connectivity index (χ1) is 13.7. The van der Waals surface area contributed by atoms with Crippen molar-refractivity contribution in [3.05, 3.63) is 30.1 Å². The molecule has 0 spiro atoms. The van der Waals surface area contributed by atoms with Crippen molar-refractivity contribution in [2.24, 2.45) is 5.92 Å². The van der Waals surface area contributed by atoms with Crippen molar-refractivity contribution < 1.29 is 14.3 Å². The van der Waals surface area contributed by atoms with Gasteiger partial charge in [-0.1, -0.05) is 6.07 Å². The highest BCUT2D eigenvalue weighted by Gasteiger charge is 2.32. The summed E-state index contributed by atoms with van der Waals surface area (Å²) in [7, 11) is 1.62. The Morgan fingerprint density at radius 3 is 2.79 bits per heavy atom. The van der Waals surface area contributed by atoms with Crippen molar-refractivity contribution in [1.82, 2.24) is 20.1 Å². The number of carbonyl (C=O) groups is 2. The van der Waals surface area contributed by atoms with Crippen LogP contribution in [0.15, 0.2) is 24.5 Å². The lowest BCUT2D eigenvalue weighted by Crippen LogP contribution is -2.51. The van der Waals surface area contributed by atoms with Crippen molar-refractivity contribution in [3.63, 3.8) is 0 Å². The third-order valence-corrected chi connectivity index (χ3v) is 5.87. The minimum atomic E-state index is 0.0479. The third kappa shape index (κ3) is 5.75. The molecule has 1 aromatic rings. The molecule has 3 heterocycles. The highest BCUT2D eigenvalue weighted by molar-refractivity contribution is 5.79. The van der Waals surface area contributed by atoms with Gasteiger partial charge in [0.15, 0.2) is 0 Å². The van der Waals surface area contributed by atoms with Gasteiger partial charge in [0.2, 0.25) is 11.8 Å². The standard InChI is InChI=1S/C21H32N4O3/c1-28-13-8-20(26)24-11-6-19(7-12-24)25-10-3-5-18(16-25)21(27)23-15-17-4-2-9-22-14-17/h2,4,9,14,18-19H,3,5-8,10-13,15-16H2,1H3,(H,23,27)/t18-/m0/s1. The van der Waals surface area contributed by atoms with E-state index in [4.69, 9.17) is 4.74 Å². The lowest BCUT2D eigenvalue weighted by atomic mass is 9.93. The molecule has 0 unspecified atom stereocenters. The van der Waals surface area contributed by atoms with E-state index in [1.807, 2.05) is 17.0 Å². The van der Waals surface area contributed by atoms with Gasteiger partial charge in [-0.3, -0.25) is 19.5 Å². The van der Waals surface area contributed by atoms with E-state index in [1.165, 1.54) is 0 Å². The SMILES string of the molecule is COCCC(=O)N1CCC(N2CCC[C@H](C(=O)NCc3cccnc3)C2)CC1. The number of aromatic nitrogens is 1. The van der Waals surface area contributed by atoms with Crippen LogP contribution in [0.1, 0.15) is 37.7 Å². The van der Waals surface area contributed by atoms with Crippen molar-refractivity contribution in [3.8, 4) is 0 Å². The molecule has 1 N–H and O–H groups in total. The number of piperidine rings is 2. The number of ether oxygens (including phenoxy) is 1. The Kier molecular flexibility index (Phi) is 7.80.